The van der Waals surface area contributed by atoms with Crippen molar-refractivity contribution in [3.8, 4) is 11.4 Å². The van der Waals surface area contributed by atoms with Gasteiger partial charge in [0.25, 0.3) is 0 Å². The fraction of sp³-hybridized carbons (Fsp3) is 0.500. The highest BCUT2D eigenvalue weighted by Gasteiger charge is 2.37. The molecule has 0 saturated heterocycles. The summed E-state index contributed by atoms with van der Waals surface area (Å²) in [5, 5.41) is 15.8. The van der Waals surface area contributed by atoms with Crippen molar-refractivity contribution in [2.75, 3.05) is 0 Å². The molecule has 1 amide bonds. The van der Waals surface area contributed by atoms with Crippen molar-refractivity contribution < 1.29 is 23.6 Å². The van der Waals surface area contributed by atoms with Gasteiger partial charge in [0.15, 0.2) is 0 Å². The number of aromatic nitrogens is 2. The zero-order valence-corrected chi connectivity index (χ0v) is 13.2. The van der Waals surface area contributed by atoms with Crippen LogP contribution in [0, 0.1) is 0 Å². The molecule has 1 aliphatic carbocycles. The molecule has 0 unspecified atom stereocenters. The summed E-state index contributed by atoms with van der Waals surface area (Å²) in [5.41, 5.74) is 0.0977. The molecule has 1 fully saturated rings. The Morgan fingerprint density at radius 3 is 2.79 bits per heavy atom. The first-order valence-electron chi connectivity index (χ1n) is 7.94. The van der Waals surface area contributed by atoms with Gasteiger partial charge in [-0.2, -0.15) is 4.98 Å². The molecule has 0 atom stereocenters. The minimum absolute atomic E-state index is 0.0378. The topological polar surface area (TPSA) is 118 Å². The molecule has 128 valence electrons. The van der Waals surface area contributed by atoms with Crippen molar-refractivity contribution in [3.05, 3.63) is 24.5 Å². The van der Waals surface area contributed by atoms with E-state index in [-0.39, 0.29) is 18.7 Å². The molecule has 1 aliphatic rings. The largest absolute Gasteiger partial charge is 0.481 e. The Balaban J connectivity index is 1.54. The van der Waals surface area contributed by atoms with E-state index in [2.05, 4.69) is 15.5 Å². The number of hydrogen-bond donors (Lipinski definition) is 2. The van der Waals surface area contributed by atoms with E-state index in [0.29, 0.717) is 36.5 Å². The monoisotopic (exact) mass is 333 g/mol. The molecule has 0 bridgehead atoms. The Morgan fingerprint density at radius 2 is 2.12 bits per heavy atom. The quantitative estimate of drug-likeness (QED) is 0.797. The third-order valence-electron chi connectivity index (χ3n) is 4.27. The van der Waals surface area contributed by atoms with E-state index in [0.717, 1.165) is 12.8 Å². The molecular weight excluding hydrogens is 314 g/mol. The van der Waals surface area contributed by atoms with E-state index in [1.165, 1.54) is 12.5 Å². The van der Waals surface area contributed by atoms with Crippen LogP contribution in [0.15, 0.2) is 27.5 Å². The highest BCUT2D eigenvalue weighted by molar-refractivity contribution is 5.78. The number of aliphatic carboxylic acids is 1. The van der Waals surface area contributed by atoms with Gasteiger partial charge in [-0.05, 0) is 18.9 Å². The van der Waals surface area contributed by atoms with Crippen LogP contribution in [0.25, 0.3) is 11.4 Å². The second-order valence-electron chi connectivity index (χ2n) is 6.13. The molecule has 0 aliphatic heterocycles. The lowest BCUT2D eigenvalue weighted by Crippen LogP contribution is -2.47. The molecule has 0 aromatic carbocycles. The van der Waals surface area contributed by atoms with E-state index in [1.807, 2.05) is 0 Å². The number of carbonyl (C=O) groups excluding carboxylic acids is 1. The average molecular weight is 333 g/mol. The summed E-state index contributed by atoms with van der Waals surface area (Å²) in [6.07, 6.45) is 6.75. The maximum atomic E-state index is 12.2. The highest BCUT2D eigenvalue weighted by Crippen LogP contribution is 2.32. The Hall–Kier alpha value is -2.64. The van der Waals surface area contributed by atoms with Gasteiger partial charge in [0.1, 0.15) is 6.26 Å². The van der Waals surface area contributed by atoms with Gasteiger partial charge in [0.2, 0.25) is 17.6 Å². The summed E-state index contributed by atoms with van der Waals surface area (Å²) in [5.74, 6) is -0.308. The molecule has 3 rings (SSSR count). The van der Waals surface area contributed by atoms with E-state index in [9.17, 15) is 9.59 Å². The van der Waals surface area contributed by atoms with Crippen molar-refractivity contribution in [1.29, 1.82) is 0 Å². The van der Waals surface area contributed by atoms with E-state index < -0.39 is 11.5 Å². The number of rotatable bonds is 7. The maximum absolute atomic E-state index is 12.2. The first-order chi connectivity index (χ1) is 11.6. The van der Waals surface area contributed by atoms with Crippen LogP contribution in [0.3, 0.4) is 0 Å². The molecule has 0 spiro atoms. The zero-order chi connectivity index (χ0) is 17.0. The Kier molecular flexibility index (Phi) is 4.64. The molecule has 0 radical (unpaired) electrons. The van der Waals surface area contributed by atoms with Crippen molar-refractivity contribution in [3.63, 3.8) is 0 Å². The second-order valence-corrected chi connectivity index (χ2v) is 6.13. The van der Waals surface area contributed by atoms with Crippen molar-refractivity contribution in [1.82, 2.24) is 15.5 Å². The first-order valence-corrected chi connectivity index (χ1v) is 7.94. The lowest BCUT2D eigenvalue weighted by Gasteiger charge is -2.28. The van der Waals surface area contributed by atoms with E-state index in [4.69, 9.17) is 14.0 Å². The molecule has 2 aromatic heterocycles. The van der Waals surface area contributed by atoms with Crippen LogP contribution in [0.4, 0.5) is 0 Å². The summed E-state index contributed by atoms with van der Waals surface area (Å²) in [6, 6.07) is 1.72. The van der Waals surface area contributed by atoms with Crippen LogP contribution < -0.4 is 5.32 Å². The SMILES string of the molecule is O=C(O)CC1(NC(=O)CCc2nc(-c3ccoc3)no2)CCCC1. The normalized spacial score (nSPS) is 16.2. The van der Waals surface area contributed by atoms with Crippen LogP contribution in [0.1, 0.15) is 44.4 Å². The summed E-state index contributed by atoms with van der Waals surface area (Å²) < 4.78 is 10.1. The summed E-state index contributed by atoms with van der Waals surface area (Å²) in [6.45, 7) is 0. The van der Waals surface area contributed by atoms with Crippen LogP contribution >= 0.6 is 0 Å². The lowest BCUT2D eigenvalue weighted by molar-refractivity contribution is -0.139. The van der Waals surface area contributed by atoms with Gasteiger partial charge >= 0.3 is 5.97 Å². The number of nitrogens with one attached hydrogen (secondary N) is 1. The number of aryl methyl sites for hydroxylation is 1. The molecule has 2 aromatic rings. The molecule has 8 nitrogen and oxygen atoms in total. The Bertz CT molecular complexity index is 701. The van der Waals surface area contributed by atoms with Gasteiger partial charge in [-0.1, -0.05) is 18.0 Å². The summed E-state index contributed by atoms with van der Waals surface area (Å²) in [7, 11) is 0. The van der Waals surface area contributed by atoms with Gasteiger partial charge in [-0.15, -0.1) is 0 Å². The average Bonchev–Trinajstić information content (AvgIpc) is 3.26. The van der Waals surface area contributed by atoms with Gasteiger partial charge in [-0.3, -0.25) is 9.59 Å². The molecule has 2 heterocycles. The summed E-state index contributed by atoms with van der Waals surface area (Å²) >= 11 is 0. The smallest absolute Gasteiger partial charge is 0.305 e. The second kappa shape index (κ2) is 6.86. The number of nitrogens with zero attached hydrogens (tertiary/aromatic N) is 2. The van der Waals surface area contributed by atoms with Crippen molar-refractivity contribution in [2.45, 2.75) is 50.5 Å². The van der Waals surface area contributed by atoms with Crippen LogP contribution in [-0.4, -0.2) is 32.7 Å². The predicted octanol–water partition coefficient (Wildman–Crippen LogP) is 2.17. The number of furan rings is 1. The fourth-order valence-electron chi connectivity index (χ4n) is 3.13. The molecule has 1 saturated carbocycles. The first kappa shape index (κ1) is 16.2. The third kappa shape index (κ3) is 3.81. The van der Waals surface area contributed by atoms with Gasteiger partial charge < -0.3 is 19.4 Å². The van der Waals surface area contributed by atoms with Gasteiger partial charge in [0.05, 0.1) is 23.8 Å². The molecule has 24 heavy (non-hydrogen) atoms. The number of carboxylic acid groups (broad SMARTS) is 1. The molecular formula is C16H19N3O5. The van der Waals surface area contributed by atoms with Crippen LogP contribution in [0.2, 0.25) is 0 Å². The Labute approximate surface area is 138 Å². The summed E-state index contributed by atoms with van der Waals surface area (Å²) in [4.78, 5) is 27.4. The van der Waals surface area contributed by atoms with E-state index >= 15 is 0 Å². The van der Waals surface area contributed by atoms with Crippen molar-refractivity contribution in [2.24, 2.45) is 0 Å². The predicted molar refractivity (Wildman–Crippen MR) is 81.9 cm³/mol. The lowest BCUT2D eigenvalue weighted by atomic mass is 9.93. The number of carboxylic acids is 1. The van der Waals surface area contributed by atoms with Crippen LogP contribution in [0.5, 0.6) is 0 Å². The number of amides is 1. The third-order valence-corrected chi connectivity index (χ3v) is 4.27. The van der Waals surface area contributed by atoms with Gasteiger partial charge in [-0.25, -0.2) is 0 Å². The number of hydrogen-bond acceptors (Lipinski definition) is 6. The molecule has 8 heteroatoms. The zero-order valence-electron chi connectivity index (χ0n) is 13.2. The maximum Gasteiger partial charge on any atom is 0.305 e. The minimum atomic E-state index is -0.890. The number of carbonyl (C=O) groups is 2. The van der Waals surface area contributed by atoms with E-state index in [1.54, 1.807) is 6.07 Å². The minimum Gasteiger partial charge on any atom is -0.481 e. The van der Waals surface area contributed by atoms with Gasteiger partial charge in [0, 0.05) is 12.8 Å². The van der Waals surface area contributed by atoms with Crippen LogP contribution in [-0.2, 0) is 16.0 Å². The standard InChI is InChI=1S/C16H19N3O5/c20-12(18-16(9-14(21)22)6-1-2-7-16)3-4-13-17-15(19-24-13)11-5-8-23-10-11/h5,8,10H,1-4,6-7,9H2,(H,18,20)(H,21,22). The molecule has 2 N–H and O–H groups in total. The highest BCUT2D eigenvalue weighted by atomic mass is 16.5. The fourth-order valence-corrected chi connectivity index (χ4v) is 3.13. The Morgan fingerprint density at radius 1 is 1.33 bits per heavy atom. The van der Waals surface area contributed by atoms with Crippen molar-refractivity contribution >= 4 is 11.9 Å².